The van der Waals surface area contributed by atoms with Crippen molar-refractivity contribution in [2.75, 3.05) is 26.8 Å². The van der Waals surface area contributed by atoms with E-state index in [2.05, 4.69) is 18.4 Å². The lowest BCUT2D eigenvalue weighted by Gasteiger charge is -2.32. The van der Waals surface area contributed by atoms with Crippen molar-refractivity contribution in [3.05, 3.63) is 29.0 Å². The third-order valence-corrected chi connectivity index (χ3v) is 6.10. The summed E-state index contributed by atoms with van der Waals surface area (Å²) in [6.07, 6.45) is 2.87. The van der Waals surface area contributed by atoms with Crippen LogP contribution in [-0.2, 0) is 22.7 Å². The molecular weight excluding hydrogens is 388 g/mol. The monoisotopic (exact) mass is 419 g/mol. The molecule has 0 saturated carbocycles. The molecule has 0 bridgehead atoms. The summed E-state index contributed by atoms with van der Waals surface area (Å²) in [6, 6.07) is 8.00. The van der Waals surface area contributed by atoms with Gasteiger partial charge in [-0.15, -0.1) is 5.10 Å². The van der Waals surface area contributed by atoms with E-state index in [4.69, 9.17) is 31.5 Å². The minimum Gasteiger partial charge on any atom is -0.497 e. The molecule has 7 nitrogen and oxygen atoms in total. The Morgan fingerprint density at radius 2 is 1.93 bits per heavy atom. The minimum atomic E-state index is 0.201. The lowest BCUT2D eigenvalue weighted by Crippen LogP contribution is -3.14. The van der Waals surface area contributed by atoms with Crippen molar-refractivity contribution in [1.29, 1.82) is 0 Å². The molecule has 2 aliphatic rings. The summed E-state index contributed by atoms with van der Waals surface area (Å²) >= 11 is 5.86. The molecule has 4 atom stereocenters. The van der Waals surface area contributed by atoms with Crippen LogP contribution < -0.4 is 9.64 Å². The van der Waals surface area contributed by atoms with Crippen molar-refractivity contribution in [2.24, 2.45) is 0 Å². The Balaban J connectivity index is 1.64. The molecule has 1 N–H and O–H groups in total. The van der Waals surface area contributed by atoms with Gasteiger partial charge in [-0.2, -0.15) is 4.68 Å². The third-order valence-electron chi connectivity index (χ3n) is 5.67. The first-order chi connectivity index (χ1) is 14.0. The highest BCUT2D eigenvalue weighted by atomic mass is 32.1. The SMILES string of the molecule is COc1ccc(-c2nn(C[NH+]3C[C@@H](C)O[C@@H](C)C3)c(=S)n2C[C@@H]2CCCO2)cc1. The van der Waals surface area contributed by atoms with Crippen LogP contribution in [0.3, 0.4) is 0 Å². The van der Waals surface area contributed by atoms with Gasteiger partial charge in [-0.3, -0.25) is 4.57 Å². The second-order valence-electron chi connectivity index (χ2n) is 8.15. The van der Waals surface area contributed by atoms with Gasteiger partial charge in [-0.25, -0.2) is 0 Å². The summed E-state index contributed by atoms with van der Waals surface area (Å²) in [4.78, 5) is 1.44. The summed E-state index contributed by atoms with van der Waals surface area (Å²) in [7, 11) is 1.68. The Kier molecular flexibility index (Phi) is 6.34. The molecule has 4 rings (SSSR count). The molecule has 0 amide bonds. The molecule has 2 aromatic rings. The van der Waals surface area contributed by atoms with Crippen LogP contribution in [-0.4, -0.2) is 59.5 Å². The van der Waals surface area contributed by atoms with Gasteiger partial charge in [0.15, 0.2) is 12.5 Å². The Bertz CT molecular complexity index is 863. The molecule has 0 radical (unpaired) electrons. The van der Waals surface area contributed by atoms with E-state index in [1.54, 1.807) is 7.11 Å². The number of morpholine rings is 1. The van der Waals surface area contributed by atoms with E-state index in [0.29, 0.717) is 0 Å². The molecule has 1 unspecified atom stereocenters. The van der Waals surface area contributed by atoms with Crippen molar-refractivity contribution in [3.63, 3.8) is 0 Å². The smallest absolute Gasteiger partial charge is 0.203 e. The van der Waals surface area contributed by atoms with Crippen LogP contribution in [0.4, 0.5) is 0 Å². The van der Waals surface area contributed by atoms with E-state index < -0.39 is 0 Å². The van der Waals surface area contributed by atoms with Crippen molar-refractivity contribution >= 4 is 12.2 Å². The predicted molar refractivity (Wildman–Crippen MR) is 113 cm³/mol. The number of nitrogens with zero attached hydrogens (tertiary/aromatic N) is 3. The van der Waals surface area contributed by atoms with E-state index in [9.17, 15) is 0 Å². The van der Waals surface area contributed by atoms with Crippen LogP contribution in [0.15, 0.2) is 24.3 Å². The Hall–Kier alpha value is -1.74. The molecule has 29 heavy (non-hydrogen) atoms. The Labute approximate surface area is 177 Å². The van der Waals surface area contributed by atoms with Gasteiger partial charge in [0.1, 0.15) is 31.0 Å². The number of benzene rings is 1. The average molecular weight is 420 g/mol. The van der Waals surface area contributed by atoms with Gasteiger partial charge in [0.25, 0.3) is 0 Å². The summed E-state index contributed by atoms with van der Waals surface area (Å²) in [5.74, 6) is 1.72. The van der Waals surface area contributed by atoms with Gasteiger partial charge in [0.2, 0.25) is 4.77 Å². The van der Waals surface area contributed by atoms with Crippen molar-refractivity contribution in [3.8, 4) is 17.1 Å². The van der Waals surface area contributed by atoms with E-state index in [1.165, 1.54) is 4.90 Å². The maximum absolute atomic E-state index is 5.88. The largest absolute Gasteiger partial charge is 0.497 e. The van der Waals surface area contributed by atoms with Crippen molar-refractivity contribution in [1.82, 2.24) is 14.3 Å². The zero-order valence-corrected chi connectivity index (χ0v) is 18.3. The molecular formula is C21H31N4O3S+. The number of hydrogen-bond acceptors (Lipinski definition) is 5. The first kappa shape index (κ1) is 20.5. The van der Waals surface area contributed by atoms with Crippen LogP contribution in [0, 0.1) is 4.77 Å². The van der Waals surface area contributed by atoms with Gasteiger partial charge in [0, 0.05) is 12.2 Å². The molecule has 158 valence electrons. The summed E-state index contributed by atoms with van der Waals surface area (Å²) in [5.41, 5.74) is 1.03. The predicted octanol–water partition coefficient (Wildman–Crippen LogP) is 1.92. The van der Waals surface area contributed by atoms with Crippen LogP contribution in [0.2, 0.25) is 0 Å². The first-order valence-corrected chi connectivity index (χ1v) is 10.9. The fourth-order valence-electron chi connectivity index (χ4n) is 4.38. The Morgan fingerprint density at radius 3 is 2.55 bits per heavy atom. The van der Waals surface area contributed by atoms with Crippen LogP contribution in [0.5, 0.6) is 5.75 Å². The number of methoxy groups -OCH3 is 1. The number of rotatable bonds is 6. The van der Waals surface area contributed by atoms with Gasteiger partial charge < -0.3 is 19.1 Å². The number of nitrogens with one attached hydrogen (secondary N) is 1. The van der Waals surface area contributed by atoms with E-state index in [0.717, 1.165) is 67.7 Å². The zero-order valence-electron chi connectivity index (χ0n) is 17.5. The Morgan fingerprint density at radius 1 is 1.21 bits per heavy atom. The molecule has 0 aliphatic carbocycles. The fourth-order valence-corrected chi connectivity index (χ4v) is 4.65. The zero-order chi connectivity index (χ0) is 20.4. The van der Waals surface area contributed by atoms with Crippen LogP contribution in [0.25, 0.3) is 11.4 Å². The van der Waals surface area contributed by atoms with Crippen molar-refractivity contribution in [2.45, 2.75) is 58.2 Å². The molecule has 3 heterocycles. The fraction of sp³-hybridized carbons (Fsp3) is 0.619. The molecule has 0 spiro atoms. The quantitative estimate of drug-likeness (QED) is 0.725. The second-order valence-corrected chi connectivity index (χ2v) is 8.52. The van der Waals surface area contributed by atoms with Crippen LogP contribution in [0.1, 0.15) is 26.7 Å². The topological polar surface area (TPSA) is 54.9 Å². The standard InChI is InChI=1S/C21H30N4O3S/c1-15-11-23(12-16(2)28-15)14-25-21(29)24(13-19-5-4-10-27-19)20(22-25)17-6-8-18(26-3)9-7-17/h6-9,15-16,19H,4-5,10-14H2,1-3H3/p+1/t15-,16+,19-/m0/s1. The van der Waals surface area contributed by atoms with E-state index in [1.807, 2.05) is 28.9 Å². The summed E-state index contributed by atoms with van der Waals surface area (Å²) in [6.45, 7) is 8.51. The number of ether oxygens (including phenoxy) is 3. The summed E-state index contributed by atoms with van der Waals surface area (Å²) < 4.78 is 21.9. The lowest BCUT2D eigenvalue weighted by molar-refractivity contribution is -0.937. The highest BCUT2D eigenvalue weighted by Gasteiger charge is 2.27. The lowest BCUT2D eigenvalue weighted by atomic mass is 10.2. The highest BCUT2D eigenvalue weighted by Crippen LogP contribution is 2.24. The molecule has 2 saturated heterocycles. The van der Waals surface area contributed by atoms with Crippen LogP contribution >= 0.6 is 12.2 Å². The first-order valence-electron chi connectivity index (χ1n) is 10.5. The van der Waals surface area contributed by atoms with E-state index in [-0.39, 0.29) is 18.3 Å². The second kappa shape index (κ2) is 8.95. The van der Waals surface area contributed by atoms with Gasteiger partial charge in [-0.05, 0) is 63.2 Å². The molecule has 1 aromatic carbocycles. The van der Waals surface area contributed by atoms with Crippen molar-refractivity contribution < 1.29 is 19.1 Å². The normalized spacial score (nSPS) is 27.3. The maximum Gasteiger partial charge on any atom is 0.203 e. The minimum absolute atomic E-state index is 0.201. The molecule has 8 heteroatoms. The maximum atomic E-state index is 5.88. The van der Waals surface area contributed by atoms with E-state index >= 15 is 0 Å². The molecule has 2 aliphatic heterocycles. The number of quaternary nitrogens is 1. The average Bonchev–Trinajstić information content (AvgIpc) is 3.31. The molecule has 2 fully saturated rings. The van der Waals surface area contributed by atoms with Gasteiger partial charge in [0.05, 0.1) is 19.8 Å². The number of hydrogen-bond donors (Lipinski definition) is 1. The third kappa shape index (κ3) is 4.71. The van der Waals surface area contributed by atoms with Gasteiger partial charge in [-0.1, -0.05) is 0 Å². The summed E-state index contributed by atoms with van der Waals surface area (Å²) in [5, 5.41) is 4.94. The van der Waals surface area contributed by atoms with Gasteiger partial charge >= 0.3 is 0 Å². The number of aromatic nitrogens is 3. The molecule has 1 aromatic heterocycles. The highest BCUT2D eigenvalue weighted by molar-refractivity contribution is 7.71.